The highest BCUT2D eigenvalue weighted by atomic mass is 79.9. The quantitative estimate of drug-likeness (QED) is 0.784. The van der Waals surface area contributed by atoms with E-state index >= 15 is 0 Å². The van der Waals surface area contributed by atoms with Gasteiger partial charge in [-0.3, -0.25) is 4.79 Å². The molecule has 0 saturated carbocycles. The summed E-state index contributed by atoms with van der Waals surface area (Å²) in [4.78, 5) is 20.7. The van der Waals surface area contributed by atoms with Gasteiger partial charge in [0.1, 0.15) is 10.6 Å². The molecule has 3 rings (SSSR count). The van der Waals surface area contributed by atoms with E-state index in [-0.39, 0.29) is 11.9 Å². The molecule has 1 aliphatic rings. The Kier molecular flexibility index (Phi) is 3.68. The van der Waals surface area contributed by atoms with Gasteiger partial charge in [-0.15, -0.1) is 0 Å². The van der Waals surface area contributed by atoms with E-state index in [0.29, 0.717) is 6.54 Å². The first-order valence-corrected chi connectivity index (χ1v) is 7.62. The second-order valence-electron chi connectivity index (χ2n) is 5.16. The molecular formula is C16H16BrN3O. The summed E-state index contributed by atoms with van der Waals surface area (Å²) >= 11 is 3.42. The van der Waals surface area contributed by atoms with Crippen LogP contribution in [0.4, 0.5) is 11.5 Å². The van der Waals surface area contributed by atoms with Crippen LogP contribution >= 0.6 is 15.9 Å². The van der Waals surface area contributed by atoms with E-state index in [4.69, 9.17) is 0 Å². The lowest BCUT2D eigenvalue weighted by Gasteiger charge is -2.39. The van der Waals surface area contributed by atoms with E-state index in [9.17, 15) is 4.79 Å². The minimum absolute atomic E-state index is 0.0857. The number of anilines is 2. The highest BCUT2D eigenvalue weighted by molar-refractivity contribution is 9.10. The standard InChI is InChI=1S/C16H16BrN3O/c1-11-16(21)19(2)13-8-9-14(17)18-15(13)20(11)10-12-6-4-3-5-7-12/h3-9,11H,10H2,1-2H3. The van der Waals surface area contributed by atoms with Crippen LogP contribution in [0.5, 0.6) is 0 Å². The SMILES string of the molecule is CC1C(=O)N(C)c2ccc(Br)nc2N1Cc1ccccc1. The summed E-state index contributed by atoms with van der Waals surface area (Å²) in [6.07, 6.45) is 0. The lowest BCUT2D eigenvalue weighted by molar-refractivity contribution is -0.119. The van der Waals surface area contributed by atoms with Crippen molar-refractivity contribution in [2.75, 3.05) is 16.8 Å². The monoisotopic (exact) mass is 345 g/mol. The number of hydrogen-bond acceptors (Lipinski definition) is 3. The number of hydrogen-bond donors (Lipinski definition) is 0. The molecular weight excluding hydrogens is 330 g/mol. The Bertz CT molecular complexity index is 674. The number of amides is 1. The van der Waals surface area contributed by atoms with Crippen molar-refractivity contribution in [3.8, 4) is 0 Å². The molecule has 1 unspecified atom stereocenters. The maximum absolute atomic E-state index is 12.4. The highest BCUT2D eigenvalue weighted by Gasteiger charge is 2.34. The van der Waals surface area contributed by atoms with Crippen LogP contribution in [-0.2, 0) is 11.3 Å². The van der Waals surface area contributed by atoms with Gasteiger partial charge >= 0.3 is 0 Å². The molecule has 0 N–H and O–H groups in total. The van der Waals surface area contributed by atoms with Crippen LogP contribution in [-0.4, -0.2) is 24.0 Å². The van der Waals surface area contributed by atoms with Crippen LogP contribution in [0.25, 0.3) is 0 Å². The molecule has 4 nitrogen and oxygen atoms in total. The smallest absolute Gasteiger partial charge is 0.249 e. The number of nitrogens with zero attached hydrogens (tertiary/aromatic N) is 3. The molecule has 1 amide bonds. The maximum atomic E-state index is 12.4. The fourth-order valence-corrected chi connectivity index (χ4v) is 2.90. The van der Waals surface area contributed by atoms with Gasteiger partial charge in [0.05, 0.1) is 5.69 Å². The van der Waals surface area contributed by atoms with Crippen LogP contribution in [0.2, 0.25) is 0 Å². The number of likely N-dealkylation sites (N-methyl/N-ethyl adjacent to an activating group) is 1. The number of pyridine rings is 1. The van der Waals surface area contributed by atoms with Crippen molar-refractivity contribution in [2.45, 2.75) is 19.5 Å². The van der Waals surface area contributed by atoms with Crippen molar-refractivity contribution in [3.63, 3.8) is 0 Å². The largest absolute Gasteiger partial charge is 0.339 e. The van der Waals surface area contributed by atoms with Crippen molar-refractivity contribution >= 4 is 33.3 Å². The van der Waals surface area contributed by atoms with Crippen molar-refractivity contribution in [2.24, 2.45) is 0 Å². The van der Waals surface area contributed by atoms with E-state index in [0.717, 1.165) is 21.7 Å². The van der Waals surface area contributed by atoms with Gasteiger partial charge in [-0.2, -0.15) is 0 Å². The third kappa shape index (κ3) is 2.53. The summed E-state index contributed by atoms with van der Waals surface area (Å²) in [5, 5.41) is 0. The van der Waals surface area contributed by atoms with Gasteiger partial charge in [0.25, 0.3) is 0 Å². The Hall–Kier alpha value is -1.88. The average molecular weight is 346 g/mol. The van der Waals surface area contributed by atoms with Crippen LogP contribution in [0, 0.1) is 0 Å². The summed E-state index contributed by atoms with van der Waals surface area (Å²) < 4.78 is 0.772. The van der Waals surface area contributed by atoms with Gasteiger partial charge in [-0.25, -0.2) is 4.98 Å². The molecule has 0 saturated heterocycles. The second kappa shape index (κ2) is 5.48. The summed E-state index contributed by atoms with van der Waals surface area (Å²) in [6.45, 7) is 2.59. The summed E-state index contributed by atoms with van der Waals surface area (Å²) in [6, 6.07) is 13.7. The fourth-order valence-electron chi connectivity index (χ4n) is 2.60. The van der Waals surface area contributed by atoms with Crippen molar-refractivity contribution in [1.29, 1.82) is 0 Å². The minimum Gasteiger partial charge on any atom is -0.339 e. The summed E-state index contributed by atoms with van der Waals surface area (Å²) in [5.74, 6) is 0.922. The Morgan fingerprint density at radius 1 is 1.19 bits per heavy atom. The number of rotatable bonds is 2. The molecule has 0 aliphatic carbocycles. The first-order valence-electron chi connectivity index (χ1n) is 6.82. The van der Waals surface area contributed by atoms with Crippen molar-refractivity contribution < 1.29 is 4.79 Å². The fraction of sp³-hybridized carbons (Fsp3) is 0.250. The number of carbonyl (C=O) groups excluding carboxylic acids is 1. The number of benzene rings is 1. The number of carbonyl (C=O) groups is 1. The Labute approximate surface area is 132 Å². The van der Waals surface area contributed by atoms with E-state index in [2.05, 4.69) is 37.9 Å². The Balaban J connectivity index is 2.05. The van der Waals surface area contributed by atoms with Gasteiger partial charge in [-0.05, 0) is 40.5 Å². The molecule has 5 heteroatoms. The van der Waals surface area contributed by atoms with Gasteiger partial charge in [-0.1, -0.05) is 30.3 Å². The molecule has 108 valence electrons. The first-order chi connectivity index (χ1) is 10.1. The molecule has 0 bridgehead atoms. The second-order valence-corrected chi connectivity index (χ2v) is 5.98. The zero-order valence-electron chi connectivity index (χ0n) is 12.0. The van der Waals surface area contributed by atoms with Crippen LogP contribution < -0.4 is 9.80 Å². The molecule has 1 atom stereocenters. The van der Waals surface area contributed by atoms with E-state index in [1.807, 2.05) is 37.3 Å². The van der Waals surface area contributed by atoms with E-state index in [1.165, 1.54) is 0 Å². The minimum atomic E-state index is -0.232. The van der Waals surface area contributed by atoms with Gasteiger partial charge < -0.3 is 9.80 Å². The van der Waals surface area contributed by atoms with Crippen LogP contribution in [0.3, 0.4) is 0 Å². The normalized spacial score (nSPS) is 17.9. The number of aromatic nitrogens is 1. The zero-order chi connectivity index (χ0) is 15.0. The van der Waals surface area contributed by atoms with Gasteiger partial charge in [0.15, 0.2) is 5.82 Å². The molecule has 2 heterocycles. The molecule has 0 fully saturated rings. The molecule has 1 aliphatic heterocycles. The summed E-state index contributed by atoms with van der Waals surface area (Å²) in [5.41, 5.74) is 2.01. The maximum Gasteiger partial charge on any atom is 0.249 e. The zero-order valence-corrected chi connectivity index (χ0v) is 13.5. The number of halogens is 1. The average Bonchev–Trinajstić information content (AvgIpc) is 2.50. The molecule has 1 aromatic carbocycles. The summed E-state index contributed by atoms with van der Waals surface area (Å²) in [7, 11) is 1.80. The van der Waals surface area contributed by atoms with Gasteiger partial charge in [0.2, 0.25) is 5.91 Å². The Morgan fingerprint density at radius 2 is 1.90 bits per heavy atom. The van der Waals surface area contributed by atoms with E-state index < -0.39 is 0 Å². The predicted molar refractivity (Wildman–Crippen MR) is 87.4 cm³/mol. The lowest BCUT2D eigenvalue weighted by atomic mass is 10.1. The third-order valence-electron chi connectivity index (χ3n) is 3.81. The van der Waals surface area contributed by atoms with Crippen molar-refractivity contribution in [1.82, 2.24) is 4.98 Å². The van der Waals surface area contributed by atoms with Crippen LogP contribution in [0.1, 0.15) is 12.5 Å². The number of fused-ring (bicyclic) bond motifs is 1. The topological polar surface area (TPSA) is 36.4 Å². The molecule has 0 radical (unpaired) electrons. The molecule has 21 heavy (non-hydrogen) atoms. The molecule has 1 aromatic heterocycles. The molecule has 2 aromatic rings. The van der Waals surface area contributed by atoms with Crippen molar-refractivity contribution in [3.05, 3.63) is 52.6 Å². The molecule has 0 spiro atoms. The predicted octanol–water partition coefficient (Wildman–Crippen LogP) is 3.22. The lowest BCUT2D eigenvalue weighted by Crippen LogP contribution is -2.50. The van der Waals surface area contributed by atoms with E-state index in [1.54, 1.807) is 11.9 Å². The first kappa shape index (κ1) is 14.1. The highest BCUT2D eigenvalue weighted by Crippen LogP contribution is 2.35. The Morgan fingerprint density at radius 3 is 2.62 bits per heavy atom. The van der Waals surface area contributed by atoms with Crippen LogP contribution in [0.15, 0.2) is 47.1 Å². The van der Waals surface area contributed by atoms with Gasteiger partial charge in [0, 0.05) is 13.6 Å². The third-order valence-corrected chi connectivity index (χ3v) is 4.25.